The number of halogens is 1. The standard InChI is InChI=1S/C20H17ClN2O3S/c1-23(18-7-3-2-4-8-18)27(25,26)19-9-5-6-17(14-19)22-20(24)15-10-12-16(21)13-11-15/h2-14H,1H3,(H,22,24). The van der Waals surface area contributed by atoms with E-state index in [1.807, 2.05) is 6.07 Å². The molecule has 0 atom stereocenters. The number of anilines is 2. The van der Waals surface area contributed by atoms with Crippen molar-refractivity contribution in [1.82, 2.24) is 0 Å². The number of hydrogen-bond acceptors (Lipinski definition) is 3. The predicted octanol–water partition coefficient (Wildman–Crippen LogP) is 4.42. The van der Waals surface area contributed by atoms with Crippen molar-refractivity contribution in [3.05, 3.63) is 89.4 Å². The van der Waals surface area contributed by atoms with Gasteiger partial charge < -0.3 is 5.32 Å². The molecule has 3 rings (SSSR count). The van der Waals surface area contributed by atoms with Crippen molar-refractivity contribution in [2.45, 2.75) is 4.90 Å². The van der Waals surface area contributed by atoms with E-state index in [9.17, 15) is 13.2 Å². The molecule has 0 fully saturated rings. The second-order valence-electron chi connectivity index (χ2n) is 5.80. The van der Waals surface area contributed by atoms with Crippen LogP contribution in [0.15, 0.2) is 83.8 Å². The smallest absolute Gasteiger partial charge is 0.264 e. The van der Waals surface area contributed by atoms with Crippen LogP contribution in [-0.4, -0.2) is 21.4 Å². The van der Waals surface area contributed by atoms with Gasteiger partial charge in [-0.3, -0.25) is 9.10 Å². The molecule has 138 valence electrons. The van der Waals surface area contributed by atoms with Crippen molar-refractivity contribution in [2.24, 2.45) is 0 Å². The van der Waals surface area contributed by atoms with Gasteiger partial charge in [0.25, 0.3) is 15.9 Å². The summed E-state index contributed by atoms with van der Waals surface area (Å²) in [6, 6.07) is 21.4. The Morgan fingerprint density at radius 3 is 2.26 bits per heavy atom. The summed E-state index contributed by atoms with van der Waals surface area (Å²) in [5.74, 6) is -0.349. The van der Waals surface area contributed by atoms with Crippen LogP contribution in [0.25, 0.3) is 0 Å². The van der Waals surface area contributed by atoms with Gasteiger partial charge in [-0.1, -0.05) is 35.9 Å². The first kappa shape index (κ1) is 18.9. The number of benzene rings is 3. The lowest BCUT2D eigenvalue weighted by molar-refractivity contribution is 0.102. The largest absolute Gasteiger partial charge is 0.322 e. The second-order valence-corrected chi connectivity index (χ2v) is 8.20. The minimum atomic E-state index is -3.76. The van der Waals surface area contributed by atoms with Crippen LogP contribution in [0.2, 0.25) is 5.02 Å². The molecule has 27 heavy (non-hydrogen) atoms. The highest BCUT2D eigenvalue weighted by Crippen LogP contribution is 2.24. The number of nitrogens with one attached hydrogen (secondary N) is 1. The predicted molar refractivity (Wildman–Crippen MR) is 108 cm³/mol. The van der Waals surface area contributed by atoms with Crippen molar-refractivity contribution in [3.8, 4) is 0 Å². The molecule has 0 aliphatic rings. The zero-order chi connectivity index (χ0) is 19.4. The fourth-order valence-electron chi connectivity index (χ4n) is 2.47. The number of amides is 1. The quantitative estimate of drug-likeness (QED) is 0.689. The molecular weight excluding hydrogens is 384 g/mol. The highest BCUT2D eigenvalue weighted by Gasteiger charge is 2.21. The van der Waals surface area contributed by atoms with Crippen molar-refractivity contribution in [3.63, 3.8) is 0 Å². The number of rotatable bonds is 5. The molecule has 3 aromatic rings. The van der Waals surface area contributed by atoms with Gasteiger partial charge in [-0.15, -0.1) is 0 Å². The maximum absolute atomic E-state index is 12.9. The fraction of sp³-hybridized carbons (Fsp3) is 0.0500. The number of nitrogens with zero attached hydrogens (tertiary/aromatic N) is 1. The molecular formula is C20H17ClN2O3S. The third-order valence-electron chi connectivity index (χ3n) is 3.98. The van der Waals surface area contributed by atoms with Gasteiger partial charge in [0.2, 0.25) is 0 Å². The average molecular weight is 401 g/mol. The van der Waals surface area contributed by atoms with E-state index in [0.29, 0.717) is 22.0 Å². The Bertz CT molecular complexity index is 1050. The third kappa shape index (κ3) is 4.30. The molecule has 0 bridgehead atoms. The van der Waals surface area contributed by atoms with Gasteiger partial charge in [-0.2, -0.15) is 0 Å². The molecule has 0 aliphatic heterocycles. The number of carbonyl (C=O) groups is 1. The Morgan fingerprint density at radius 1 is 0.926 bits per heavy atom. The first-order chi connectivity index (χ1) is 12.9. The molecule has 0 radical (unpaired) electrons. The number of sulfonamides is 1. The van der Waals surface area contributed by atoms with Crippen LogP contribution in [0.1, 0.15) is 10.4 Å². The summed E-state index contributed by atoms with van der Waals surface area (Å²) in [4.78, 5) is 12.4. The zero-order valence-electron chi connectivity index (χ0n) is 14.5. The number of hydrogen-bond donors (Lipinski definition) is 1. The highest BCUT2D eigenvalue weighted by molar-refractivity contribution is 7.92. The van der Waals surface area contributed by atoms with Crippen LogP contribution in [0.3, 0.4) is 0 Å². The number of para-hydroxylation sites is 1. The lowest BCUT2D eigenvalue weighted by Gasteiger charge is -2.19. The van der Waals surface area contributed by atoms with Crippen molar-refractivity contribution < 1.29 is 13.2 Å². The van der Waals surface area contributed by atoms with Crippen LogP contribution in [0, 0.1) is 0 Å². The van der Waals surface area contributed by atoms with E-state index < -0.39 is 10.0 Å². The van der Waals surface area contributed by atoms with Gasteiger partial charge in [-0.05, 0) is 54.6 Å². The Morgan fingerprint density at radius 2 is 1.59 bits per heavy atom. The van der Waals surface area contributed by atoms with Crippen LogP contribution in [0.4, 0.5) is 11.4 Å². The molecule has 0 saturated carbocycles. The van der Waals surface area contributed by atoms with Crippen molar-refractivity contribution in [2.75, 3.05) is 16.7 Å². The second kappa shape index (κ2) is 7.82. The molecule has 0 unspecified atom stereocenters. The molecule has 0 aromatic heterocycles. The maximum Gasteiger partial charge on any atom is 0.264 e. The molecule has 7 heteroatoms. The van der Waals surface area contributed by atoms with Crippen molar-refractivity contribution in [1.29, 1.82) is 0 Å². The van der Waals surface area contributed by atoms with Gasteiger partial charge in [0, 0.05) is 23.3 Å². The van der Waals surface area contributed by atoms with Crippen LogP contribution < -0.4 is 9.62 Å². The van der Waals surface area contributed by atoms with Crippen molar-refractivity contribution >= 4 is 38.9 Å². The molecule has 3 aromatic carbocycles. The molecule has 5 nitrogen and oxygen atoms in total. The van der Waals surface area contributed by atoms with E-state index in [0.717, 1.165) is 0 Å². The highest BCUT2D eigenvalue weighted by atomic mass is 35.5. The summed E-state index contributed by atoms with van der Waals surface area (Å²) in [6.45, 7) is 0. The summed E-state index contributed by atoms with van der Waals surface area (Å²) in [5, 5.41) is 3.23. The van der Waals surface area contributed by atoms with E-state index in [1.165, 1.54) is 23.5 Å². The van der Waals surface area contributed by atoms with E-state index in [1.54, 1.807) is 60.7 Å². The van der Waals surface area contributed by atoms with E-state index in [-0.39, 0.29) is 10.8 Å². The molecule has 0 saturated heterocycles. The molecule has 1 N–H and O–H groups in total. The average Bonchev–Trinajstić information content (AvgIpc) is 2.68. The van der Waals surface area contributed by atoms with E-state index >= 15 is 0 Å². The SMILES string of the molecule is CN(c1ccccc1)S(=O)(=O)c1cccc(NC(=O)c2ccc(Cl)cc2)c1. The molecule has 0 aliphatic carbocycles. The topological polar surface area (TPSA) is 66.5 Å². The summed E-state index contributed by atoms with van der Waals surface area (Å²) < 4.78 is 27.0. The monoisotopic (exact) mass is 400 g/mol. The van der Waals surface area contributed by atoms with Gasteiger partial charge in [0.15, 0.2) is 0 Å². The van der Waals surface area contributed by atoms with Gasteiger partial charge in [0.05, 0.1) is 10.6 Å². The Balaban J connectivity index is 1.84. The Hall–Kier alpha value is -2.83. The van der Waals surface area contributed by atoms with Crippen LogP contribution in [0.5, 0.6) is 0 Å². The Labute approximate surface area is 163 Å². The minimum absolute atomic E-state index is 0.0859. The lowest BCUT2D eigenvalue weighted by atomic mass is 10.2. The van der Waals surface area contributed by atoms with E-state index in [2.05, 4.69) is 5.32 Å². The maximum atomic E-state index is 12.9. The van der Waals surface area contributed by atoms with Crippen LogP contribution >= 0.6 is 11.6 Å². The van der Waals surface area contributed by atoms with Crippen LogP contribution in [-0.2, 0) is 10.0 Å². The number of carbonyl (C=O) groups excluding carboxylic acids is 1. The summed E-state index contributed by atoms with van der Waals surface area (Å²) in [6.07, 6.45) is 0. The van der Waals surface area contributed by atoms with E-state index in [4.69, 9.17) is 11.6 Å². The molecule has 0 heterocycles. The summed E-state index contributed by atoms with van der Waals surface area (Å²) >= 11 is 5.82. The Kier molecular flexibility index (Phi) is 5.48. The lowest BCUT2D eigenvalue weighted by Crippen LogP contribution is -2.26. The summed E-state index contributed by atoms with van der Waals surface area (Å²) in [7, 11) is -2.27. The van der Waals surface area contributed by atoms with Gasteiger partial charge >= 0.3 is 0 Å². The first-order valence-corrected chi connectivity index (χ1v) is 9.91. The van der Waals surface area contributed by atoms with Gasteiger partial charge in [0.1, 0.15) is 0 Å². The summed E-state index contributed by atoms with van der Waals surface area (Å²) in [5.41, 5.74) is 1.36. The fourth-order valence-corrected chi connectivity index (χ4v) is 3.84. The first-order valence-electron chi connectivity index (χ1n) is 8.09. The van der Waals surface area contributed by atoms with Gasteiger partial charge in [-0.25, -0.2) is 8.42 Å². The normalized spacial score (nSPS) is 11.0. The molecule has 0 spiro atoms. The molecule has 1 amide bonds. The minimum Gasteiger partial charge on any atom is -0.322 e. The third-order valence-corrected chi connectivity index (χ3v) is 6.01. The zero-order valence-corrected chi connectivity index (χ0v) is 16.0.